The van der Waals surface area contributed by atoms with Gasteiger partial charge in [0.05, 0.1) is 17.3 Å². The Hall–Kier alpha value is -2.87. The van der Waals surface area contributed by atoms with Crippen molar-refractivity contribution in [1.29, 1.82) is 5.26 Å². The number of anilines is 1. The van der Waals surface area contributed by atoms with Crippen molar-refractivity contribution in [1.82, 2.24) is 14.6 Å². The quantitative estimate of drug-likeness (QED) is 0.698. The molecule has 0 aliphatic rings. The number of nitrogens with zero attached hydrogens (tertiary/aromatic N) is 4. The van der Waals surface area contributed by atoms with Gasteiger partial charge in [-0.25, -0.2) is 4.98 Å². The fourth-order valence-electron chi connectivity index (χ4n) is 1.80. The van der Waals surface area contributed by atoms with Gasteiger partial charge >= 0.3 is 0 Å². The molecule has 0 spiro atoms. The molecule has 0 amide bonds. The highest BCUT2D eigenvalue weighted by molar-refractivity contribution is 5.66. The molecule has 3 aromatic rings. The number of fused-ring (bicyclic) bond motifs is 1. The number of nitrogens with two attached hydrogens (primary N) is 1. The molecule has 3 rings (SSSR count). The maximum atomic E-state index is 8.88. The predicted octanol–water partition coefficient (Wildman–Crippen LogP) is 1.85. The van der Waals surface area contributed by atoms with Gasteiger partial charge in [0.15, 0.2) is 5.65 Å². The first-order valence-corrected chi connectivity index (χ1v) is 5.39. The standard InChI is InChI=1S/C13H9N5/c14-8-9-2-1-3-10(6-9)11-7-13-16-5-4-12(15)18(13)17-11/h1-7H,15H2. The lowest BCUT2D eigenvalue weighted by Gasteiger charge is -1.97. The second-order valence-electron chi connectivity index (χ2n) is 3.86. The summed E-state index contributed by atoms with van der Waals surface area (Å²) >= 11 is 0. The van der Waals surface area contributed by atoms with Crippen LogP contribution in [0.3, 0.4) is 0 Å². The van der Waals surface area contributed by atoms with Gasteiger partial charge in [-0.15, -0.1) is 0 Å². The van der Waals surface area contributed by atoms with Crippen molar-refractivity contribution in [3.8, 4) is 17.3 Å². The zero-order valence-electron chi connectivity index (χ0n) is 9.41. The van der Waals surface area contributed by atoms with Crippen LogP contribution in [0.2, 0.25) is 0 Å². The molecule has 0 fully saturated rings. The van der Waals surface area contributed by atoms with E-state index in [1.54, 1.807) is 28.9 Å². The Kier molecular flexibility index (Phi) is 2.21. The molecule has 86 valence electrons. The van der Waals surface area contributed by atoms with E-state index in [9.17, 15) is 0 Å². The Bertz CT molecular complexity index is 766. The van der Waals surface area contributed by atoms with E-state index in [1.165, 1.54) is 0 Å². The molecule has 0 radical (unpaired) electrons. The molecule has 0 saturated carbocycles. The minimum Gasteiger partial charge on any atom is -0.384 e. The summed E-state index contributed by atoms with van der Waals surface area (Å²) in [6.07, 6.45) is 1.64. The van der Waals surface area contributed by atoms with Crippen molar-refractivity contribution in [3.63, 3.8) is 0 Å². The van der Waals surface area contributed by atoms with Crippen LogP contribution in [0.15, 0.2) is 42.6 Å². The molecule has 0 bridgehead atoms. The number of nitriles is 1. The fourth-order valence-corrected chi connectivity index (χ4v) is 1.80. The van der Waals surface area contributed by atoms with Crippen LogP contribution in [0, 0.1) is 11.3 Å². The first-order chi connectivity index (χ1) is 8.78. The molecular formula is C13H9N5. The largest absolute Gasteiger partial charge is 0.384 e. The molecule has 18 heavy (non-hydrogen) atoms. The van der Waals surface area contributed by atoms with E-state index in [-0.39, 0.29) is 0 Å². The van der Waals surface area contributed by atoms with E-state index in [0.29, 0.717) is 17.0 Å². The normalized spacial score (nSPS) is 10.4. The minimum absolute atomic E-state index is 0.530. The Labute approximate surface area is 103 Å². The molecule has 0 unspecified atom stereocenters. The summed E-state index contributed by atoms with van der Waals surface area (Å²) in [5.74, 6) is 0.530. The zero-order chi connectivity index (χ0) is 12.5. The van der Waals surface area contributed by atoms with Crippen molar-refractivity contribution in [2.24, 2.45) is 0 Å². The van der Waals surface area contributed by atoms with Gasteiger partial charge in [-0.2, -0.15) is 14.9 Å². The number of benzene rings is 1. The maximum Gasteiger partial charge on any atom is 0.157 e. The van der Waals surface area contributed by atoms with E-state index >= 15 is 0 Å². The molecule has 1 aromatic carbocycles. The number of nitrogen functional groups attached to an aromatic ring is 1. The lowest BCUT2D eigenvalue weighted by atomic mass is 10.1. The van der Waals surface area contributed by atoms with Crippen molar-refractivity contribution in [2.75, 3.05) is 5.73 Å². The summed E-state index contributed by atoms with van der Waals surface area (Å²) in [6, 6.07) is 12.9. The highest BCUT2D eigenvalue weighted by Crippen LogP contribution is 2.20. The van der Waals surface area contributed by atoms with Crippen molar-refractivity contribution < 1.29 is 0 Å². The molecule has 0 aliphatic carbocycles. The van der Waals surface area contributed by atoms with E-state index in [1.807, 2.05) is 18.2 Å². The van der Waals surface area contributed by atoms with Gasteiger partial charge in [-0.05, 0) is 18.2 Å². The van der Waals surface area contributed by atoms with E-state index in [4.69, 9.17) is 11.0 Å². The third-order valence-electron chi connectivity index (χ3n) is 2.67. The van der Waals surface area contributed by atoms with Gasteiger partial charge in [0.25, 0.3) is 0 Å². The highest BCUT2D eigenvalue weighted by Gasteiger charge is 2.07. The van der Waals surface area contributed by atoms with Crippen LogP contribution in [-0.2, 0) is 0 Å². The third kappa shape index (κ3) is 1.57. The van der Waals surface area contributed by atoms with Gasteiger partial charge < -0.3 is 5.73 Å². The Morgan fingerprint density at radius 3 is 2.89 bits per heavy atom. The monoisotopic (exact) mass is 235 g/mol. The lowest BCUT2D eigenvalue weighted by molar-refractivity contribution is 0.956. The van der Waals surface area contributed by atoms with Gasteiger partial charge in [0.2, 0.25) is 0 Å². The van der Waals surface area contributed by atoms with Crippen LogP contribution in [-0.4, -0.2) is 14.6 Å². The molecular weight excluding hydrogens is 226 g/mol. The summed E-state index contributed by atoms with van der Waals surface area (Å²) in [7, 11) is 0. The molecule has 0 atom stereocenters. The second kappa shape index (κ2) is 3.86. The second-order valence-corrected chi connectivity index (χ2v) is 3.86. The van der Waals surface area contributed by atoms with E-state index < -0.39 is 0 Å². The Morgan fingerprint density at radius 1 is 1.22 bits per heavy atom. The van der Waals surface area contributed by atoms with E-state index in [2.05, 4.69) is 16.2 Å². The molecule has 0 saturated heterocycles. The van der Waals surface area contributed by atoms with Crippen LogP contribution in [0.1, 0.15) is 5.56 Å². The summed E-state index contributed by atoms with van der Waals surface area (Å²) in [4.78, 5) is 4.19. The SMILES string of the molecule is N#Cc1cccc(-c2cc3nccc(N)n3n2)c1. The highest BCUT2D eigenvalue weighted by atomic mass is 15.3. The third-order valence-corrected chi connectivity index (χ3v) is 2.67. The van der Waals surface area contributed by atoms with E-state index in [0.717, 1.165) is 11.3 Å². The lowest BCUT2D eigenvalue weighted by Crippen LogP contribution is -1.98. The van der Waals surface area contributed by atoms with Crippen LogP contribution >= 0.6 is 0 Å². The maximum absolute atomic E-state index is 8.88. The average molecular weight is 235 g/mol. The number of hydrogen-bond donors (Lipinski definition) is 1. The van der Waals surface area contributed by atoms with Crippen LogP contribution < -0.4 is 5.73 Å². The molecule has 5 heteroatoms. The first-order valence-electron chi connectivity index (χ1n) is 5.39. The Morgan fingerprint density at radius 2 is 2.11 bits per heavy atom. The molecule has 2 N–H and O–H groups in total. The fraction of sp³-hybridized carbons (Fsp3) is 0. The first kappa shape index (κ1) is 10.3. The van der Waals surface area contributed by atoms with Gasteiger partial charge in [-0.3, -0.25) is 0 Å². The van der Waals surface area contributed by atoms with Gasteiger partial charge in [-0.1, -0.05) is 12.1 Å². The molecule has 2 heterocycles. The predicted molar refractivity (Wildman–Crippen MR) is 67.6 cm³/mol. The van der Waals surface area contributed by atoms with Crippen LogP contribution in [0.5, 0.6) is 0 Å². The summed E-state index contributed by atoms with van der Waals surface area (Å²) in [5, 5.41) is 13.3. The minimum atomic E-state index is 0.530. The summed E-state index contributed by atoms with van der Waals surface area (Å²) in [6.45, 7) is 0. The number of rotatable bonds is 1. The Balaban J connectivity index is 2.20. The van der Waals surface area contributed by atoms with Crippen LogP contribution in [0.25, 0.3) is 16.9 Å². The van der Waals surface area contributed by atoms with Crippen molar-refractivity contribution in [3.05, 3.63) is 48.2 Å². The summed E-state index contributed by atoms with van der Waals surface area (Å²) < 4.78 is 1.58. The molecule has 5 nitrogen and oxygen atoms in total. The number of aromatic nitrogens is 3. The smallest absolute Gasteiger partial charge is 0.157 e. The summed E-state index contributed by atoms with van der Waals surface area (Å²) in [5.41, 5.74) is 8.72. The molecule has 2 aromatic heterocycles. The van der Waals surface area contributed by atoms with Crippen molar-refractivity contribution in [2.45, 2.75) is 0 Å². The van der Waals surface area contributed by atoms with Gasteiger partial charge in [0, 0.05) is 17.8 Å². The number of hydrogen-bond acceptors (Lipinski definition) is 4. The van der Waals surface area contributed by atoms with Gasteiger partial charge in [0.1, 0.15) is 5.82 Å². The molecule has 0 aliphatic heterocycles. The zero-order valence-corrected chi connectivity index (χ0v) is 9.41. The average Bonchev–Trinajstić information content (AvgIpc) is 2.84. The topological polar surface area (TPSA) is 80.0 Å². The van der Waals surface area contributed by atoms with Crippen LogP contribution in [0.4, 0.5) is 5.82 Å². The van der Waals surface area contributed by atoms with Crippen molar-refractivity contribution >= 4 is 11.5 Å².